The summed E-state index contributed by atoms with van der Waals surface area (Å²) in [7, 11) is 0. The topological polar surface area (TPSA) is 102 Å². The molecule has 0 aliphatic rings. The molecule has 1 atom stereocenters. The van der Waals surface area contributed by atoms with Crippen molar-refractivity contribution >= 4 is 23.6 Å². The Kier molecular flexibility index (Phi) is 6.37. The Balaban J connectivity index is 2.70. The minimum atomic E-state index is -1.11. The van der Waals surface area contributed by atoms with E-state index >= 15 is 0 Å². The summed E-state index contributed by atoms with van der Waals surface area (Å²) >= 11 is 0. The molecule has 0 saturated heterocycles. The van der Waals surface area contributed by atoms with E-state index in [2.05, 4.69) is 4.90 Å². The third-order valence-corrected chi connectivity index (χ3v) is 3.13. The molecule has 3 N–H and O–H groups in total. The van der Waals surface area contributed by atoms with Crippen molar-refractivity contribution in [3.8, 4) is 0 Å². The first kappa shape index (κ1) is 17.5. The van der Waals surface area contributed by atoms with Crippen LogP contribution in [0.4, 0.5) is 10.5 Å². The van der Waals surface area contributed by atoms with Gasteiger partial charge in [-0.25, -0.2) is 9.59 Å². The highest BCUT2D eigenvalue weighted by molar-refractivity contribution is 5.98. The van der Waals surface area contributed by atoms with Crippen LogP contribution >= 0.6 is 0 Å². The number of hydrogen-bond acceptors (Lipinski definition) is 5. The highest BCUT2D eigenvalue weighted by Crippen LogP contribution is 2.15. The smallest absolute Gasteiger partial charge is 0.338 e. The van der Waals surface area contributed by atoms with Crippen molar-refractivity contribution in [1.29, 1.82) is 0 Å². The van der Waals surface area contributed by atoms with Gasteiger partial charge in [-0.1, -0.05) is 0 Å². The molecule has 0 heterocycles. The van der Waals surface area contributed by atoms with E-state index in [-0.39, 0.29) is 0 Å². The average Bonchev–Trinajstić information content (AvgIpc) is 2.48. The van der Waals surface area contributed by atoms with Crippen molar-refractivity contribution in [1.82, 2.24) is 5.32 Å². The third kappa shape index (κ3) is 4.76. The van der Waals surface area contributed by atoms with Gasteiger partial charge in [0.2, 0.25) is 0 Å². The van der Waals surface area contributed by atoms with Gasteiger partial charge < -0.3 is 15.4 Å². The standard InChI is InChI=1S/C15H21N3O4/c1-4-18(5-2)12-8-6-11(7-9-12)14(20)22-10(3)13(19)17-15(16)21/h6-10H,4-5H2,1-3H3,(H3,16,17,19,21)/t10-/m0/s1. The van der Waals surface area contributed by atoms with E-state index in [1.807, 2.05) is 31.3 Å². The zero-order chi connectivity index (χ0) is 16.7. The minimum absolute atomic E-state index is 0.328. The molecule has 7 heteroatoms. The fourth-order valence-electron chi connectivity index (χ4n) is 1.90. The molecule has 0 fully saturated rings. The van der Waals surface area contributed by atoms with Crippen LogP contribution in [-0.4, -0.2) is 37.1 Å². The molecule has 1 aromatic carbocycles. The van der Waals surface area contributed by atoms with Gasteiger partial charge in [-0.2, -0.15) is 0 Å². The molecule has 0 aliphatic heterocycles. The molecule has 0 unspecified atom stereocenters. The van der Waals surface area contributed by atoms with Crippen LogP contribution in [0.15, 0.2) is 24.3 Å². The van der Waals surface area contributed by atoms with Crippen LogP contribution in [-0.2, 0) is 9.53 Å². The van der Waals surface area contributed by atoms with Gasteiger partial charge in [-0.3, -0.25) is 10.1 Å². The summed E-state index contributed by atoms with van der Waals surface area (Å²) < 4.78 is 4.98. The molecule has 0 radical (unpaired) electrons. The summed E-state index contributed by atoms with van der Waals surface area (Å²) in [6, 6.07) is 5.91. The van der Waals surface area contributed by atoms with E-state index in [4.69, 9.17) is 10.5 Å². The number of carbonyl (C=O) groups is 3. The Labute approximate surface area is 129 Å². The average molecular weight is 307 g/mol. The van der Waals surface area contributed by atoms with E-state index in [0.29, 0.717) is 5.56 Å². The lowest BCUT2D eigenvalue weighted by Gasteiger charge is -2.21. The van der Waals surface area contributed by atoms with Gasteiger partial charge in [-0.05, 0) is 45.0 Å². The number of nitrogens with one attached hydrogen (secondary N) is 1. The molecule has 0 aliphatic carbocycles. The predicted octanol–water partition coefficient (Wildman–Crippen LogP) is 1.27. The zero-order valence-electron chi connectivity index (χ0n) is 13.0. The number of amides is 3. The lowest BCUT2D eigenvalue weighted by atomic mass is 10.2. The number of primary amides is 1. The van der Waals surface area contributed by atoms with Crippen LogP contribution in [0.2, 0.25) is 0 Å². The second-order valence-electron chi connectivity index (χ2n) is 4.62. The molecule has 0 saturated carbocycles. The normalized spacial score (nSPS) is 11.4. The fraction of sp³-hybridized carbons (Fsp3) is 0.400. The number of esters is 1. The van der Waals surface area contributed by atoms with Gasteiger partial charge in [-0.15, -0.1) is 0 Å². The van der Waals surface area contributed by atoms with Crippen LogP contribution in [0.1, 0.15) is 31.1 Å². The third-order valence-electron chi connectivity index (χ3n) is 3.13. The van der Waals surface area contributed by atoms with Crippen molar-refractivity contribution in [3.63, 3.8) is 0 Å². The lowest BCUT2D eigenvalue weighted by molar-refractivity contribution is -0.127. The Morgan fingerprint density at radius 3 is 2.18 bits per heavy atom. The molecule has 0 bridgehead atoms. The van der Waals surface area contributed by atoms with Crippen LogP contribution in [0.25, 0.3) is 0 Å². The Morgan fingerprint density at radius 2 is 1.73 bits per heavy atom. The largest absolute Gasteiger partial charge is 0.449 e. The van der Waals surface area contributed by atoms with Crippen LogP contribution in [0.3, 0.4) is 0 Å². The van der Waals surface area contributed by atoms with E-state index in [1.54, 1.807) is 12.1 Å². The van der Waals surface area contributed by atoms with Gasteiger partial charge in [0, 0.05) is 18.8 Å². The van der Waals surface area contributed by atoms with E-state index in [9.17, 15) is 14.4 Å². The minimum Gasteiger partial charge on any atom is -0.449 e. The molecule has 3 amide bonds. The molecule has 0 aromatic heterocycles. The molecule has 22 heavy (non-hydrogen) atoms. The molecule has 0 spiro atoms. The second-order valence-corrected chi connectivity index (χ2v) is 4.62. The first-order valence-electron chi connectivity index (χ1n) is 7.05. The number of rotatable bonds is 6. The Bertz CT molecular complexity index is 538. The predicted molar refractivity (Wildman–Crippen MR) is 82.6 cm³/mol. The number of imide groups is 1. The number of carbonyl (C=O) groups excluding carboxylic acids is 3. The van der Waals surface area contributed by atoms with Crippen LogP contribution in [0, 0.1) is 0 Å². The van der Waals surface area contributed by atoms with Gasteiger partial charge in [0.05, 0.1) is 5.56 Å². The van der Waals surface area contributed by atoms with Crippen LogP contribution < -0.4 is 16.0 Å². The number of anilines is 1. The van der Waals surface area contributed by atoms with Gasteiger partial charge >= 0.3 is 12.0 Å². The monoisotopic (exact) mass is 307 g/mol. The quantitative estimate of drug-likeness (QED) is 0.771. The summed E-state index contributed by atoms with van der Waals surface area (Å²) in [4.78, 5) is 36.1. The first-order valence-corrected chi connectivity index (χ1v) is 7.05. The summed E-state index contributed by atoms with van der Waals surface area (Å²) in [5, 5.41) is 1.85. The molecular formula is C15H21N3O4. The van der Waals surface area contributed by atoms with Crippen molar-refractivity contribution in [2.45, 2.75) is 26.9 Å². The number of benzene rings is 1. The van der Waals surface area contributed by atoms with Crippen molar-refractivity contribution in [2.75, 3.05) is 18.0 Å². The number of urea groups is 1. The lowest BCUT2D eigenvalue weighted by Crippen LogP contribution is -2.42. The highest BCUT2D eigenvalue weighted by Gasteiger charge is 2.20. The van der Waals surface area contributed by atoms with Crippen molar-refractivity contribution in [3.05, 3.63) is 29.8 Å². The van der Waals surface area contributed by atoms with E-state index in [1.165, 1.54) is 6.92 Å². The molecular weight excluding hydrogens is 286 g/mol. The number of nitrogens with two attached hydrogens (primary N) is 1. The maximum absolute atomic E-state index is 11.9. The van der Waals surface area contributed by atoms with Gasteiger partial charge in [0.25, 0.3) is 5.91 Å². The molecule has 7 nitrogen and oxygen atoms in total. The maximum atomic E-state index is 11.9. The molecule has 1 aromatic rings. The van der Waals surface area contributed by atoms with E-state index < -0.39 is 24.0 Å². The Morgan fingerprint density at radius 1 is 1.18 bits per heavy atom. The van der Waals surface area contributed by atoms with Gasteiger partial charge in [0.1, 0.15) is 0 Å². The summed E-state index contributed by atoms with van der Waals surface area (Å²) in [5.41, 5.74) is 6.16. The molecule has 1 rings (SSSR count). The SMILES string of the molecule is CCN(CC)c1ccc(C(=O)O[C@@H](C)C(=O)NC(N)=O)cc1. The zero-order valence-corrected chi connectivity index (χ0v) is 13.0. The summed E-state index contributed by atoms with van der Waals surface area (Å²) in [5.74, 6) is -1.40. The second kappa shape index (κ2) is 8.02. The number of hydrogen-bond donors (Lipinski definition) is 2. The maximum Gasteiger partial charge on any atom is 0.338 e. The van der Waals surface area contributed by atoms with Gasteiger partial charge in [0.15, 0.2) is 6.10 Å². The summed E-state index contributed by atoms with van der Waals surface area (Å²) in [6.45, 7) is 7.19. The molecule has 120 valence electrons. The van der Waals surface area contributed by atoms with Crippen LogP contribution in [0.5, 0.6) is 0 Å². The first-order chi connectivity index (χ1) is 10.4. The highest BCUT2D eigenvalue weighted by atomic mass is 16.5. The van der Waals surface area contributed by atoms with E-state index in [0.717, 1.165) is 18.8 Å². The van der Waals surface area contributed by atoms with Crippen molar-refractivity contribution < 1.29 is 19.1 Å². The van der Waals surface area contributed by atoms with Crippen molar-refractivity contribution in [2.24, 2.45) is 5.73 Å². The summed E-state index contributed by atoms with van der Waals surface area (Å²) in [6.07, 6.45) is -1.11. The number of nitrogens with zero attached hydrogens (tertiary/aromatic N) is 1. The Hall–Kier alpha value is -2.57. The number of ether oxygens (including phenoxy) is 1. The fourth-order valence-corrected chi connectivity index (χ4v) is 1.90.